The van der Waals surface area contributed by atoms with Crippen LogP contribution in [0, 0.1) is 0 Å². The van der Waals surface area contributed by atoms with Crippen molar-refractivity contribution in [3.05, 3.63) is 26.7 Å². The van der Waals surface area contributed by atoms with Gasteiger partial charge in [-0.15, -0.1) is 0 Å². The summed E-state index contributed by atoms with van der Waals surface area (Å²) in [5.74, 6) is -0.677. The molecule has 0 radical (unpaired) electrons. The lowest BCUT2D eigenvalue weighted by atomic mass is 9.92. The molecule has 7 heteroatoms. The van der Waals surface area contributed by atoms with E-state index in [0.29, 0.717) is 42.1 Å². The highest BCUT2D eigenvalue weighted by atomic mass is 35.5. The van der Waals surface area contributed by atoms with Crippen LogP contribution in [0.5, 0.6) is 0 Å². The highest BCUT2D eigenvalue weighted by Crippen LogP contribution is 2.43. The number of hydrogen-bond acceptors (Lipinski definition) is 3. The van der Waals surface area contributed by atoms with E-state index in [1.165, 1.54) is 0 Å². The fraction of sp³-hybridized carbons (Fsp3) is 0.579. The lowest BCUT2D eigenvalue weighted by Gasteiger charge is -2.21. The summed E-state index contributed by atoms with van der Waals surface area (Å²) in [4.78, 5) is 24.0. The lowest BCUT2D eigenvalue weighted by molar-refractivity contribution is -0.144. The summed E-state index contributed by atoms with van der Waals surface area (Å²) in [6, 6.07) is 1.55. The van der Waals surface area contributed by atoms with Crippen molar-refractivity contribution >= 4 is 52.4 Å². The van der Waals surface area contributed by atoms with Crippen LogP contribution in [0.1, 0.15) is 70.8 Å². The molecule has 0 saturated carbocycles. The Hall–Kier alpha value is -0.970. The van der Waals surface area contributed by atoms with Gasteiger partial charge in [0.25, 0.3) is 0 Å². The minimum atomic E-state index is -0.288. The van der Waals surface area contributed by atoms with E-state index >= 15 is 0 Å². The lowest BCUT2D eigenvalue weighted by Crippen LogP contribution is -2.14. The number of esters is 1. The molecule has 1 unspecified atom stereocenters. The first-order valence-corrected chi connectivity index (χ1v) is 10.1. The summed E-state index contributed by atoms with van der Waals surface area (Å²) in [7, 11) is 0. The van der Waals surface area contributed by atoms with Crippen molar-refractivity contribution in [3.63, 3.8) is 0 Å². The summed E-state index contributed by atoms with van der Waals surface area (Å²) in [6.45, 7) is 6.30. The van der Waals surface area contributed by atoms with Gasteiger partial charge in [-0.25, -0.2) is 0 Å². The van der Waals surface area contributed by atoms with Gasteiger partial charge in [0.05, 0.1) is 28.8 Å². The predicted octanol–water partition coefficient (Wildman–Crippen LogP) is 6.61. The summed E-state index contributed by atoms with van der Waals surface area (Å²) < 4.78 is 5.25. The van der Waals surface area contributed by atoms with Gasteiger partial charge in [0, 0.05) is 11.4 Å². The minimum absolute atomic E-state index is 0.170. The molecule has 0 aromatic heterocycles. The van der Waals surface area contributed by atoms with Crippen LogP contribution in [0.15, 0.2) is 6.07 Å². The monoisotopic (exact) mass is 421 g/mol. The fourth-order valence-corrected chi connectivity index (χ4v) is 3.73. The summed E-state index contributed by atoms with van der Waals surface area (Å²) in [5.41, 5.74) is 0.948. The van der Waals surface area contributed by atoms with Crippen molar-refractivity contribution in [2.24, 2.45) is 0 Å². The van der Waals surface area contributed by atoms with Gasteiger partial charge in [-0.1, -0.05) is 62.0 Å². The summed E-state index contributed by atoms with van der Waals surface area (Å²) in [5, 5.41) is 3.67. The van der Waals surface area contributed by atoms with E-state index < -0.39 is 0 Å². The average Bonchev–Trinajstić information content (AvgIpc) is 2.58. The fourth-order valence-electron chi connectivity index (χ4n) is 2.56. The molecule has 0 fully saturated rings. The number of amides is 1. The number of halogens is 3. The highest BCUT2D eigenvalue weighted by molar-refractivity contribution is 6.43. The van der Waals surface area contributed by atoms with Crippen molar-refractivity contribution in [3.8, 4) is 0 Å². The van der Waals surface area contributed by atoms with Crippen LogP contribution >= 0.6 is 34.8 Å². The number of ether oxygens (including phenoxy) is 1. The molecule has 0 saturated heterocycles. The second-order valence-electron chi connectivity index (χ2n) is 6.12. The van der Waals surface area contributed by atoms with E-state index in [1.54, 1.807) is 6.07 Å². The van der Waals surface area contributed by atoms with E-state index in [-0.39, 0.29) is 34.3 Å². The molecule has 0 heterocycles. The maximum Gasteiger partial charge on any atom is 0.306 e. The number of benzene rings is 1. The molecule has 0 aliphatic rings. The molecule has 1 aromatic rings. The molecular weight excluding hydrogens is 397 g/mol. The maximum atomic E-state index is 12.1. The van der Waals surface area contributed by atoms with Crippen LogP contribution in [0.4, 0.5) is 5.69 Å². The first-order valence-electron chi connectivity index (χ1n) is 8.98. The molecule has 26 heavy (non-hydrogen) atoms. The van der Waals surface area contributed by atoms with Crippen LogP contribution in [0.3, 0.4) is 0 Å². The van der Waals surface area contributed by atoms with Crippen molar-refractivity contribution < 1.29 is 14.3 Å². The Morgan fingerprint density at radius 2 is 1.81 bits per heavy atom. The standard InChI is InChI=1S/C19H26Cl3NO3/c1-4-7-9-26-16(25)10-12(6-3)17-13(20)11-14(21)19(18(17)22)23-15(24)8-5-2/h11-12H,4-10H2,1-3H3,(H,23,24). The molecule has 1 N–H and O–H groups in total. The maximum absolute atomic E-state index is 12.1. The smallest absolute Gasteiger partial charge is 0.306 e. The second-order valence-corrected chi connectivity index (χ2v) is 7.32. The van der Waals surface area contributed by atoms with E-state index in [2.05, 4.69) is 5.32 Å². The van der Waals surface area contributed by atoms with E-state index in [9.17, 15) is 9.59 Å². The molecule has 0 aliphatic carbocycles. The third-order valence-electron chi connectivity index (χ3n) is 4.02. The summed E-state index contributed by atoms with van der Waals surface area (Å²) >= 11 is 19.1. The van der Waals surface area contributed by atoms with Gasteiger partial charge in [0.15, 0.2) is 0 Å². The molecule has 0 aliphatic heterocycles. The van der Waals surface area contributed by atoms with Gasteiger partial charge in [0.2, 0.25) is 5.91 Å². The van der Waals surface area contributed by atoms with Crippen LogP contribution in [-0.2, 0) is 14.3 Å². The van der Waals surface area contributed by atoms with Crippen molar-refractivity contribution in [1.82, 2.24) is 0 Å². The molecule has 1 amide bonds. The van der Waals surface area contributed by atoms with Crippen LogP contribution in [0.25, 0.3) is 0 Å². The van der Waals surface area contributed by atoms with Crippen LogP contribution in [0.2, 0.25) is 15.1 Å². The Morgan fingerprint density at radius 3 is 2.38 bits per heavy atom. The zero-order valence-electron chi connectivity index (χ0n) is 15.5. The normalized spacial score (nSPS) is 11.9. The largest absolute Gasteiger partial charge is 0.466 e. The SMILES string of the molecule is CCCCOC(=O)CC(CC)c1c(Cl)cc(Cl)c(NC(=O)CCC)c1Cl. The molecule has 4 nitrogen and oxygen atoms in total. The van der Waals surface area contributed by atoms with Gasteiger partial charge in [-0.2, -0.15) is 0 Å². The molecule has 146 valence electrons. The third-order valence-corrected chi connectivity index (χ3v) is 5.03. The zero-order valence-corrected chi connectivity index (χ0v) is 17.7. The van der Waals surface area contributed by atoms with E-state index in [1.807, 2.05) is 20.8 Å². The first kappa shape index (κ1) is 23.1. The van der Waals surface area contributed by atoms with Crippen molar-refractivity contribution in [2.75, 3.05) is 11.9 Å². The highest BCUT2D eigenvalue weighted by Gasteiger charge is 2.25. The molecule has 0 bridgehead atoms. The zero-order chi connectivity index (χ0) is 19.7. The average molecular weight is 423 g/mol. The second kappa shape index (κ2) is 11.7. The van der Waals surface area contributed by atoms with Gasteiger partial charge >= 0.3 is 5.97 Å². The number of carbonyl (C=O) groups excluding carboxylic acids is 2. The third kappa shape index (κ3) is 6.64. The van der Waals surface area contributed by atoms with Crippen LogP contribution in [-0.4, -0.2) is 18.5 Å². The first-order chi connectivity index (χ1) is 12.3. The Labute approximate surface area is 170 Å². The number of nitrogens with one attached hydrogen (secondary N) is 1. The predicted molar refractivity (Wildman–Crippen MR) is 109 cm³/mol. The van der Waals surface area contributed by atoms with E-state index in [4.69, 9.17) is 39.5 Å². The number of hydrogen-bond donors (Lipinski definition) is 1. The Morgan fingerprint density at radius 1 is 1.12 bits per heavy atom. The molecule has 0 spiro atoms. The molecule has 1 rings (SSSR count). The molecule has 1 atom stereocenters. The topological polar surface area (TPSA) is 55.4 Å². The number of unbranched alkanes of at least 4 members (excludes halogenated alkanes) is 1. The van der Waals surface area contributed by atoms with Crippen molar-refractivity contribution in [2.45, 2.75) is 65.2 Å². The summed E-state index contributed by atoms with van der Waals surface area (Å²) in [6.07, 6.45) is 3.68. The quantitative estimate of drug-likeness (QED) is 0.341. The molecule has 1 aromatic carbocycles. The minimum Gasteiger partial charge on any atom is -0.466 e. The molecular formula is C19H26Cl3NO3. The van der Waals surface area contributed by atoms with Gasteiger partial charge < -0.3 is 10.1 Å². The van der Waals surface area contributed by atoms with E-state index in [0.717, 1.165) is 12.8 Å². The Bertz CT molecular complexity index is 635. The number of anilines is 1. The van der Waals surface area contributed by atoms with Gasteiger partial charge in [-0.05, 0) is 36.8 Å². The Kier molecular flexibility index (Phi) is 10.4. The number of rotatable bonds is 10. The number of carbonyl (C=O) groups is 2. The van der Waals surface area contributed by atoms with Gasteiger partial charge in [0.1, 0.15) is 0 Å². The Balaban J connectivity index is 3.08. The van der Waals surface area contributed by atoms with Crippen LogP contribution < -0.4 is 5.32 Å². The van der Waals surface area contributed by atoms with Crippen molar-refractivity contribution in [1.29, 1.82) is 0 Å². The van der Waals surface area contributed by atoms with Gasteiger partial charge in [-0.3, -0.25) is 9.59 Å².